The minimum Gasteiger partial charge on any atom is -0.494 e. The van der Waals surface area contributed by atoms with Gasteiger partial charge in [0.2, 0.25) is 0 Å². The molecule has 2 aromatic carbocycles. The molecule has 0 aromatic heterocycles. The molecule has 1 heterocycles. The third-order valence-corrected chi connectivity index (χ3v) is 5.78. The van der Waals surface area contributed by atoms with Gasteiger partial charge < -0.3 is 20.3 Å². The van der Waals surface area contributed by atoms with Crippen molar-refractivity contribution >= 4 is 11.9 Å². The van der Waals surface area contributed by atoms with Gasteiger partial charge in [0.15, 0.2) is 0 Å². The second kappa shape index (κ2) is 11.0. The fourth-order valence-electron chi connectivity index (χ4n) is 4.09. The molecule has 0 aliphatic carbocycles. The largest absolute Gasteiger partial charge is 0.494 e. The van der Waals surface area contributed by atoms with Crippen molar-refractivity contribution < 1.29 is 14.3 Å². The van der Waals surface area contributed by atoms with Crippen molar-refractivity contribution in [2.24, 2.45) is 0 Å². The average Bonchev–Trinajstić information content (AvgIpc) is 2.79. The van der Waals surface area contributed by atoms with E-state index in [1.165, 1.54) is 0 Å². The number of urea groups is 1. The summed E-state index contributed by atoms with van der Waals surface area (Å²) in [6.45, 7) is 9.94. The molecule has 172 valence electrons. The second-order valence-electron chi connectivity index (χ2n) is 8.71. The first-order chi connectivity index (χ1) is 15.4. The van der Waals surface area contributed by atoms with E-state index in [1.54, 1.807) is 0 Å². The molecule has 1 aliphatic heterocycles. The van der Waals surface area contributed by atoms with E-state index >= 15 is 0 Å². The van der Waals surface area contributed by atoms with Crippen LogP contribution in [0.1, 0.15) is 74.0 Å². The maximum Gasteiger partial charge on any atom is 0.317 e. The molecule has 1 fully saturated rings. The standard InChI is InChI=1S/C26H35N3O3/c1-5-32-24-13-11-20(12-14-24)19(4)28-25(30)22-9-6-8-21(16-22)23-10-7-15-29(17-23)26(31)27-18(2)3/h6,8-9,11-14,16,18-19,23H,5,7,10,15,17H2,1-4H3,(H,27,31)(H,28,30)/t19-,23+/m0/s1. The smallest absolute Gasteiger partial charge is 0.317 e. The van der Waals surface area contributed by atoms with Crippen molar-refractivity contribution in [3.63, 3.8) is 0 Å². The number of amides is 3. The number of nitrogens with one attached hydrogen (secondary N) is 2. The highest BCUT2D eigenvalue weighted by Gasteiger charge is 2.25. The van der Waals surface area contributed by atoms with Gasteiger partial charge in [-0.2, -0.15) is 0 Å². The molecule has 2 N–H and O–H groups in total. The number of carbonyl (C=O) groups excluding carboxylic acids is 2. The molecule has 0 bridgehead atoms. The Bertz CT molecular complexity index is 911. The van der Waals surface area contributed by atoms with Crippen LogP contribution >= 0.6 is 0 Å². The summed E-state index contributed by atoms with van der Waals surface area (Å²) in [6.07, 6.45) is 1.97. The van der Waals surface area contributed by atoms with Crippen LogP contribution in [0.15, 0.2) is 48.5 Å². The lowest BCUT2D eigenvalue weighted by atomic mass is 9.89. The van der Waals surface area contributed by atoms with E-state index in [9.17, 15) is 9.59 Å². The van der Waals surface area contributed by atoms with Crippen LogP contribution in [0.2, 0.25) is 0 Å². The van der Waals surface area contributed by atoms with E-state index in [1.807, 2.05) is 75.1 Å². The van der Waals surface area contributed by atoms with Gasteiger partial charge in [-0.15, -0.1) is 0 Å². The number of hydrogen-bond donors (Lipinski definition) is 2. The van der Waals surface area contributed by atoms with Crippen LogP contribution in [0.4, 0.5) is 4.79 Å². The number of rotatable bonds is 7. The molecule has 32 heavy (non-hydrogen) atoms. The van der Waals surface area contributed by atoms with Crippen molar-refractivity contribution in [3.05, 3.63) is 65.2 Å². The van der Waals surface area contributed by atoms with Crippen molar-refractivity contribution in [1.29, 1.82) is 0 Å². The van der Waals surface area contributed by atoms with Crippen LogP contribution in [0.5, 0.6) is 5.75 Å². The summed E-state index contributed by atoms with van der Waals surface area (Å²) >= 11 is 0. The summed E-state index contributed by atoms with van der Waals surface area (Å²) in [5.41, 5.74) is 2.77. The maximum absolute atomic E-state index is 12.9. The molecule has 6 nitrogen and oxygen atoms in total. The number of likely N-dealkylation sites (tertiary alicyclic amines) is 1. The topological polar surface area (TPSA) is 70.7 Å². The van der Waals surface area contributed by atoms with Gasteiger partial charge in [0.1, 0.15) is 5.75 Å². The zero-order valence-electron chi connectivity index (χ0n) is 19.6. The molecule has 2 atom stereocenters. The first-order valence-electron chi connectivity index (χ1n) is 11.6. The van der Waals surface area contributed by atoms with Gasteiger partial charge in [-0.05, 0) is 75.9 Å². The van der Waals surface area contributed by atoms with Gasteiger partial charge in [-0.1, -0.05) is 24.3 Å². The molecule has 1 aliphatic rings. The van der Waals surface area contributed by atoms with E-state index in [-0.39, 0.29) is 29.9 Å². The number of carbonyl (C=O) groups is 2. The van der Waals surface area contributed by atoms with E-state index in [0.717, 1.165) is 36.3 Å². The Hall–Kier alpha value is -3.02. The first kappa shape index (κ1) is 23.6. The highest BCUT2D eigenvalue weighted by Crippen LogP contribution is 2.28. The van der Waals surface area contributed by atoms with E-state index in [4.69, 9.17) is 4.74 Å². The molecule has 1 saturated heterocycles. The van der Waals surface area contributed by atoms with Crippen molar-refractivity contribution in [1.82, 2.24) is 15.5 Å². The van der Waals surface area contributed by atoms with Crippen molar-refractivity contribution in [2.45, 2.75) is 58.5 Å². The summed E-state index contributed by atoms with van der Waals surface area (Å²) in [4.78, 5) is 27.2. The lowest BCUT2D eigenvalue weighted by Crippen LogP contribution is -2.47. The Morgan fingerprint density at radius 3 is 2.53 bits per heavy atom. The molecule has 0 spiro atoms. The fraction of sp³-hybridized carbons (Fsp3) is 0.462. The summed E-state index contributed by atoms with van der Waals surface area (Å²) < 4.78 is 5.49. The molecule has 0 radical (unpaired) electrons. The van der Waals surface area contributed by atoms with Crippen LogP contribution in [0.25, 0.3) is 0 Å². The quantitative estimate of drug-likeness (QED) is 0.649. The molecular formula is C26H35N3O3. The minimum absolute atomic E-state index is 0.0113. The second-order valence-corrected chi connectivity index (χ2v) is 8.71. The predicted octanol–water partition coefficient (Wildman–Crippen LogP) is 4.87. The van der Waals surface area contributed by atoms with E-state index < -0.39 is 0 Å². The molecular weight excluding hydrogens is 402 g/mol. The zero-order valence-corrected chi connectivity index (χ0v) is 19.6. The predicted molar refractivity (Wildman–Crippen MR) is 127 cm³/mol. The van der Waals surface area contributed by atoms with Gasteiger partial charge in [-0.25, -0.2) is 4.79 Å². The highest BCUT2D eigenvalue weighted by molar-refractivity contribution is 5.94. The van der Waals surface area contributed by atoms with Gasteiger partial charge in [-0.3, -0.25) is 4.79 Å². The Morgan fingerprint density at radius 2 is 1.84 bits per heavy atom. The van der Waals surface area contributed by atoms with Crippen molar-refractivity contribution in [2.75, 3.05) is 19.7 Å². The van der Waals surface area contributed by atoms with Crippen LogP contribution in [0, 0.1) is 0 Å². The van der Waals surface area contributed by atoms with Crippen LogP contribution in [-0.4, -0.2) is 42.6 Å². The first-order valence-corrected chi connectivity index (χ1v) is 11.6. The number of piperidine rings is 1. The molecule has 2 aromatic rings. The lowest BCUT2D eigenvalue weighted by Gasteiger charge is -2.33. The third kappa shape index (κ3) is 6.25. The van der Waals surface area contributed by atoms with Crippen LogP contribution in [0.3, 0.4) is 0 Å². The fourth-order valence-corrected chi connectivity index (χ4v) is 4.09. The van der Waals surface area contributed by atoms with Gasteiger partial charge >= 0.3 is 6.03 Å². The number of hydrogen-bond acceptors (Lipinski definition) is 3. The number of nitrogens with zero attached hydrogens (tertiary/aromatic N) is 1. The Balaban J connectivity index is 1.64. The molecule has 6 heteroatoms. The van der Waals surface area contributed by atoms with Gasteiger partial charge in [0.05, 0.1) is 12.6 Å². The summed E-state index contributed by atoms with van der Waals surface area (Å²) in [5.74, 6) is 0.961. The monoisotopic (exact) mass is 437 g/mol. The zero-order chi connectivity index (χ0) is 23.1. The lowest BCUT2D eigenvalue weighted by molar-refractivity contribution is 0.0939. The number of benzene rings is 2. The van der Waals surface area contributed by atoms with Gasteiger partial charge in [0, 0.05) is 30.6 Å². The van der Waals surface area contributed by atoms with Gasteiger partial charge in [0.25, 0.3) is 5.91 Å². The SMILES string of the molecule is CCOc1ccc([C@H](C)NC(=O)c2cccc([C@@H]3CCCN(C(=O)NC(C)C)C3)c2)cc1. The Morgan fingerprint density at radius 1 is 1.09 bits per heavy atom. The normalized spacial score (nSPS) is 17.0. The minimum atomic E-state index is -0.119. The van der Waals surface area contributed by atoms with Crippen LogP contribution < -0.4 is 15.4 Å². The Kier molecular flexibility index (Phi) is 8.14. The maximum atomic E-state index is 12.9. The Labute approximate surface area is 191 Å². The van der Waals surface area contributed by atoms with E-state index in [2.05, 4.69) is 16.7 Å². The number of ether oxygens (including phenoxy) is 1. The molecule has 3 amide bonds. The summed E-state index contributed by atoms with van der Waals surface area (Å²) in [7, 11) is 0. The summed E-state index contributed by atoms with van der Waals surface area (Å²) in [6, 6.07) is 15.6. The van der Waals surface area contributed by atoms with Crippen LogP contribution in [-0.2, 0) is 0 Å². The summed E-state index contributed by atoms with van der Waals surface area (Å²) in [5, 5.41) is 6.07. The molecule has 3 rings (SSSR count). The third-order valence-electron chi connectivity index (χ3n) is 5.78. The highest BCUT2D eigenvalue weighted by atomic mass is 16.5. The van der Waals surface area contributed by atoms with Crippen molar-refractivity contribution in [3.8, 4) is 5.75 Å². The van der Waals surface area contributed by atoms with E-state index in [0.29, 0.717) is 18.7 Å². The molecule has 0 unspecified atom stereocenters. The average molecular weight is 438 g/mol. The molecule has 0 saturated carbocycles.